The number of carbonyl (C=O) groups is 1. The topological polar surface area (TPSA) is 78.7 Å². The molecule has 0 aliphatic heterocycles. The minimum absolute atomic E-state index is 0.0455. The zero-order valence-electron chi connectivity index (χ0n) is 18.2. The fourth-order valence-corrected chi connectivity index (χ4v) is 3.91. The van der Waals surface area contributed by atoms with Crippen LogP contribution in [0.25, 0.3) is 0 Å². The Kier molecular flexibility index (Phi) is 6.39. The molecule has 0 bridgehead atoms. The Balaban J connectivity index is 3.52. The number of hydrogen-bond acceptors (Lipinski definition) is 5. The van der Waals surface area contributed by atoms with Gasteiger partial charge in [0, 0.05) is 0 Å². The quantitative estimate of drug-likeness (QED) is 0.242. The van der Waals surface area contributed by atoms with Crippen LogP contribution in [0.4, 0.5) is 5.69 Å². The van der Waals surface area contributed by atoms with Gasteiger partial charge in [0.25, 0.3) is 8.32 Å². The van der Waals surface area contributed by atoms with Gasteiger partial charge in [-0.15, -0.1) is 0 Å². The zero-order chi connectivity index (χ0) is 21.4. The summed E-state index contributed by atoms with van der Waals surface area (Å²) in [5.74, 6) is 0.391. The van der Waals surface area contributed by atoms with Gasteiger partial charge in [0.15, 0.2) is 12.0 Å². The lowest BCUT2D eigenvalue weighted by atomic mass is 10.2. The number of carbonyl (C=O) groups excluding carboxylic acids is 1. The van der Waals surface area contributed by atoms with Crippen LogP contribution in [0.3, 0.4) is 0 Å². The van der Waals surface area contributed by atoms with Gasteiger partial charge in [-0.3, -0.25) is 14.9 Å². The van der Waals surface area contributed by atoms with Crippen molar-refractivity contribution < 1.29 is 18.6 Å². The van der Waals surface area contributed by atoms with Crippen molar-refractivity contribution in [2.75, 3.05) is 0 Å². The fraction of sp³-hybridized carbons (Fsp3) is 0.632. The first kappa shape index (κ1) is 23.4. The van der Waals surface area contributed by atoms with Gasteiger partial charge >= 0.3 is 5.69 Å². The van der Waals surface area contributed by atoms with E-state index in [0.29, 0.717) is 12.0 Å². The summed E-state index contributed by atoms with van der Waals surface area (Å²) in [5.41, 5.74) is -0.0686. The maximum atomic E-state index is 11.7. The van der Waals surface area contributed by atoms with Crippen molar-refractivity contribution in [3.8, 4) is 11.5 Å². The molecule has 0 saturated heterocycles. The van der Waals surface area contributed by atoms with Crippen LogP contribution >= 0.6 is 0 Å². The van der Waals surface area contributed by atoms with Crippen LogP contribution in [-0.2, 0) is 0 Å². The average molecular weight is 412 g/mol. The standard InChI is InChI=1S/C19H33NO5Si2/c1-18(2,3)26(7,8)24-15-11-14(13-21)17(16(12-15)20(22)23)25-27(9,10)19(4,5)6/h11-13H,1-10H3. The first-order valence-electron chi connectivity index (χ1n) is 9.08. The molecule has 27 heavy (non-hydrogen) atoms. The Bertz CT molecular complexity index is 731. The van der Waals surface area contributed by atoms with Crippen molar-refractivity contribution in [2.24, 2.45) is 0 Å². The monoisotopic (exact) mass is 411 g/mol. The molecule has 8 heteroatoms. The molecule has 1 rings (SSSR count). The van der Waals surface area contributed by atoms with Crippen LogP contribution < -0.4 is 8.85 Å². The number of nitrogens with zero attached hydrogens (tertiary/aromatic N) is 1. The summed E-state index contributed by atoms with van der Waals surface area (Å²) in [6, 6.07) is 2.94. The molecule has 1 aromatic carbocycles. The number of nitro groups is 1. The van der Waals surface area contributed by atoms with Gasteiger partial charge in [-0.1, -0.05) is 41.5 Å². The van der Waals surface area contributed by atoms with Crippen LogP contribution in [0.15, 0.2) is 12.1 Å². The van der Waals surface area contributed by atoms with E-state index in [1.54, 1.807) is 6.07 Å². The second-order valence-corrected chi connectivity index (χ2v) is 19.4. The summed E-state index contributed by atoms with van der Waals surface area (Å²) in [6.07, 6.45) is 0.605. The Morgan fingerprint density at radius 2 is 1.37 bits per heavy atom. The minimum atomic E-state index is -2.36. The number of rotatable bonds is 6. The smallest absolute Gasteiger partial charge is 0.313 e. The molecule has 0 spiro atoms. The maximum absolute atomic E-state index is 11.7. The Morgan fingerprint density at radius 1 is 0.926 bits per heavy atom. The number of hydrogen-bond donors (Lipinski definition) is 0. The van der Waals surface area contributed by atoms with E-state index >= 15 is 0 Å². The summed E-state index contributed by atoms with van der Waals surface area (Å²) in [7, 11) is -4.56. The molecule has 0 radical (unpaired) electrons. The highest BCUT2D eigenvalue weighted by molar-refractivity contribution is 6.75. The van der Waals surface area contributed by atoms with Crippen molar-refractivity contribution in [2.45, 2.75) is 77.8 Å². The SMILES string of the molecule is CC(C)(C)[Si](C)(C)Oc1cc(C=O)c(O[Si](C)(C)C(C)(C)C)c([N+](=O)[O-])c1. The molecule has 0 aromatic heterocycles. The highest BCUT2D eigenvalue weighted by atomic mass is 28.4. The molecule has 0 atom stereocenters. The second kappa shape index (κ2) is 7.39. The van der Waals surface area contributed by atoms with Gasteiger partial charge in [0.05, 0.1) is 16.6 Å². The van der Waals surface area contributed by atoms with E-state index in [1.807, 2.05) is 33.9 Å². The van der Waals surface area contributed by atoms with Crippen LogP contribution in [0.2, 0.25) is 36.3 Å². The Hall–Kier alpha value is -1.68. The van der Waals surface area contributed by atoms with Gasteiger partial charge in [0.2, 0.25) is 8.32 Å². The van der Waals surface area contributed by atoms with E-state index in [0.717, 1.165) is 0 Å². The van der Waals surface area contributed by atoms with Gasteiger partial charge < -0.3 is 8.85 Å². The molecule has 0 amide bonds. The Labute approximate surface area is 164 Å². The molecule has 0 aliphatic carbocycles. The maximum Gasteiger partial charge on any atom is 0.313 e. The van der Waals surface area contributed by atoms with Crippen LogP contribution in [0, 0.1) is 10.1 Å². The average Bonchev–Trinajstić information content (AvgIpc) is 2.45. The van der Waals surface area contributed by atoms with Crippen molar-refractivity contribution in [3.05, 3.63) is 27.8 Å². The molecule has 152 valence electrons. The van der Waals surface area contributed by atoms with E-state index in [4.69, 9.17) is 8.85 Å². The number of aldehydes is 1. The zero-order valence-corrected chi connectivity index (χ0v) is 20.2. The molecular weight excluding hydrogens is 378 g/mol. The minimum Gasteiger partial charge on any atom is -0.543 e. The molecule has 0 N–H and O–H groups in total. The van der Waals surface area contributed by atoms with Crippen molar-refractivity contribution in [3.63, 3.8) is 0 Å². The molecular formula is C19H33NO5Si2. The van der Waals surface area contributed by atoms with Gasteiger partial charge in [-0.25, -0.2) is 0 Å². The predicted molar refractivity (Wildman–Crippen MR) is 114 cm³/mol. The lowest BCUT2D eigenvalue weighted by Gasteiger charge is -2.37. The van der Waals surface area contributed by atoms with E-state index in [2.05, 4.69) is 33.9 Å². The molecule has 6 nitrogen and oxygen atoms in total. The molecule has 0 aliphatic rings. The summed E-state index contributed by atoms with van der Waals surface area (Å²) >= 11 is 0. The first-order chi connectivity index (χ1) is 11.9. The van der Waals surface area contributed by atoms with Gasteiger partial charge in [-0.05, 0) is 42.3 Å². The van der Waals surface area contributed by atoms with E-state index in [9.17, 15) is 14.9 Å². The highest BCUT2D eigenvalue weighted by Gasteiger charge is 2.42. The van der Waals surface area contributed by atoms with E-state index < -0.39 is 21.6 Å². The summed E-state index contributed by atoms with van der Waals surface area (Å²) in [6.45, 7) is 20.5. The van der Waals surface area contributed by atoms with Crippen molar-refractivity contribution in [1.29, 1.82) is 0 Å². The Morgan fingerprint density at radius 3 is 1.74 bits per heavy atom. The first-order valence-corrected chi connectivity index (χ1v) is 14.9. The molecule has 1 aromatic rings. The van der Waals surface area contributed by atoms with Crippen molar-refractivity contribution >= 4 is 28.6 Å². The number of benzene rings is 1. The third-order valence-electron chi connectivity index (χ3n) is 5.74. The molecule has 0 unspecified atom stereocenters. The highest BCUT2D eigenvalue weighted by Crippen LogP contribution is 2.44. The summed E-state index contributed by atoms with van der Waals surface area (Å²) in [5, 5.41) is 11.5. The fourth-order valence-electron chi connectivity index (χ4n) is 1.86. The van der Waals surface area contributed by atoms with E-state index in [1.165, 1.54) is 6.07 Å². The van der Waals surface area contributed by atoms with Gasteiger partial charge in [-0.2, -0.15) is 0 Å². The number of nitro benzene ring substituents is 1. The summed E-state index contributed by atoms with van der Waals surface area (Å²) in [4.78, 5) is 22.9. The van der Waals surface area contributed by atoms with Crippen molar-refractivity contribution in [1.82, 2.24) is 0 Å². The lowest BCUT2D eigenvalue weighted by Crippen LogP contribution is -2.44. The molecule has 0 heterocycles. The third-order valence-corrected chi connectivity index (χ3v) is 14.4. The van der Waals surface area contributed by atoms with Crippen LogP contribution in [0.5, 0.6) is 11.5 Å². The third kappa shape index (κ3) is 5.19. The lowest BCUT2D eigenvalue weighted by molar-refractivity contribution is -0.385. The van der Waals surface area contributed by atoms with Gasteiger partial charge in [0.1, 0.15) is 5.75 Å². The molecule has 0 saturated carbocycles. The van der Waals surface area contributed by atoms with Crippen LogP contribution in [0.1, 0.15) is 51.9 Å². The summed E-state index contributed by atoms with van der Waals surface area (Å²) < 4.78 is 12.3. The normalized spacial score (nSPS) is 13.3. The second-order valence-electron chi connectivity index (χ2n) is 9.96. The van der Waals surface area contributed by atoms with E-state index in [-0.39, 0.29) is 27.1 Å². The predicted octanol–water partition coefficient (Wildman–Crippen LogP) is 6.18. The molecule has 0 fully saturated rings. The largest absolute Gasteiger partial charge is 0.543 e. The van der Waals surface area contributed by atoms with Crippen LogP contribution in [-0.4, -0.2) is 27.8 Å².